The molecule has 0 aromatic heterocycles. The summed E-state index contributed by atoms with van der Waals surface area (Å²) in [6.07, 6.45) is 0.688. The lowest BCUT2D eigenvalue weighted by molar-refractivity contribution is -0.0309. The summed E-state index contributed by atoms with van der Waals surface area (Å²) >= 11 is 0. The van der Waals surface area contributed by atoms with Crippen LogP contribution < -0.4 is 5.32 Å². The molecule has 2 unspecified atom stereocenters. The molecule has 5 heteroatoms. The van der Waals surface area contributed by atoms with E-state index in [1.165, 1.54) is 0 Å². The molecule has 0 aromatic rings. The fourth-order valence-corrected chi connectivity index (χ4v) is 2.38. The lowest BCUT2D eigenvalue weighted by Crippen LogP contribution is -2.63. The molecule has 2 saturated heterocycles. The molecule has 2 heterocycles. The number of piperazine rings is 1. The van der Waals surface area contributed by atoms with Crippen LogP contribution in [0.15, 0.2) is 0 Å². The molecule has 2 atom stereocenters. The van der Waals surface area contributed by atoms with Gasteiger partial charge in [-0.1, -0.05) is 0 Å². The third-order valence-electron chi connectivity index (χ3n) is 3.11. The van der Waals surface area contributed by atoms with Gasteiger partial charge in [-0.25, -0.2) is 4.79 Å². The van der Waals surface area contributed by atoms with Gasteiger partial charge in [0.25, 0.3) is 0 Å². The fraction of sp³-hybridized carbons (Fsp3) is 0.917. The van der Waals surface area contributed by atoms with Gasteiger partial charge in [-0.2, -0.15) is 0 Å². The molecule has 0 aliphatic carbocycles. The van der Waals surface area contributed by atoms with Crippen molar-refractivity contribution < 1.29 is 14.3 Å². The monoisotopic (exact) mass is 242 g/mol. The van der Waals surface area contributed by atoms with Gasteiger partial charge in [-0.05, 0) is 27.2 Å². The van der Waals surface area contributed by atoms with E-state index in [1.54, 1.807) is 0 Å². The van der Waals surface area contributed by atoms with E-state index in [0.29, 0.717) is 6.61 Å². The Hall–Kier alpha value is -0.810. The number of carbonyl (C=O) groups excluding carboxylic acids is 1. The van der Waals surface area contributed by atoms with Crippen molar-refractivity contribution in [2.24, 2.45) is 0 Å². The first-order valence-corrected chi connectivity index (χ1v) is 6.28. The molecule has 98 valence electrons. The van der Waals surface area contributed by atoms with Crippen LogP contribution in [0, 0.1) is 0 Å². The van der Waals surface area contributed by atoms with Crippen LogP contribution in [0.25, 0.3) is 0 Å². The second-order valence-corrected chi connectivity index (χ2v) is 5.67. The van der Waals surface area contributed by atoms with Gasteiger partial charge in [0.2, 0.25) is 0 Å². The van der Waals surface area contributed by atoms with Gasteiger partial charge in [0.1, 0.15) is 5.60 Å². The summed E-state index contributed by atoms with van der Waals surface area (Å²) in [4.78, 5) is 14.0. The van der Waals surface area contributed by atoms with Gasteiger partial charge in [-0.15, -0.1) is 0 Å². The highest BCUT2D eigenvalue weighted by Crippen LogP contribution is 2.20. The van der Waals surface area contributed by atoms with Crippen molar-refractivity contribution in [3.63, 3.8) is 0 Å². The number of nitrogens with zero attached hydrogens (tertiary/aromatic N) is 1. The molecule has 5 nitrogen and oxygen atoms in total. The standard InChI is InChI=1S/C12H22N2O3/c1-12(2,3)17-11(15)14-6-5-13-9-8-16-7-4-10(9)14/h9-10,13H,4-8H2,1-3H3. The number of hydrogen-bond donors (Lipinski definition) is 1. The maximum atomic E-state index is 12.1. The average Bonchev–Trinajstić information content (AvgIpc) is 2.26. The molecule has 17 heavy (non-hydrogen) atoms. The van der Waals surface area contributed by atoms with Crippen LogP contribution >= 0.6 is 0 Å². The Morgan fingerprint density at radius 3 is 2.94 bits per heavy atom. The predicted molar refractivity (Wildman–Crippen MR) is 64.0 cm³/mol. The topological polar surface area (TPSA) is 50.8 Å². The minimum atomic E-state index is -0.428. The van der Waals surface area contributed by atoms with Gasteiger partial charge in [0.05, 0.1) is 18.7 Å². The number of fused-ring (bicyclic) bond motifs is 1. The normalized spacial score (nSPS) is 29.7. The Balaban J connectivity index is 2.01. The number of nitrogens with one attached hydrogen (secondary N) is 1. The van der Waals surface area contributed by atoms with E-state index in [2.05, 4.69) is 5.32 Å². The van der Waals surface area contributed by atoms with Crippen molar-refractivity contribution in [3.05, 3.63) is 0 Å². The molecule has 2 rings (SSSR count). The van der Waals surface area contributed by atoms with Gasteiger partial charge in [0, 0.05) is 19.7 Å². The first-order chi connectivity index (χ1) is 7.97. The lowest BCUT2D eigenvalue weighted by atomic mass is 9.99. The van der Waals surface area contributed by atoms with Crippen LogP contribution in [0.2, 0.25) is 0 Å². The molecular formula is C12H22N2O3. The van der Waals surface area contributed by atoms with E-state index < -0.39 is 5.60 Å². The molecule has 0 spiro atoms. The van der Waals surface area contributed by atoms with Gasteiger partial charge < -0.3 is 19.7 Å². The number of rotatable bonds is 0. The summed E-state index contributed by atoms with van der Waals surface area (Å²) in [5.74, 6) is 0. The second kappa shape index (κ2) is 4.82. The minimum absolute atomic E-state index is 0.198. The zero-order valence-corrected chi connectivity index (χ0v) is 10.9. The number of amides is 1. The molecule has 0 aromatic carbocycles. The van der Waals surface area contributed by atoms with Crippen molar-refractivity contribution in [2.75, 3.05) is 26.3 Å². The van der Waals surface area contributed by atoms with Crippen LogP contribution in [0.4, 0.5) is 4.79 Å². The Morgan fingerprint density at radius 1 is 1.47 bits per heavy atom. The van der Waals surface area contributed by atoms with E-state index >= 15 is 0 Å². The molecule has 0 bridgehead atoms. The van der Waals surface area contributed by atoms with Crippen molar-refractivity contribution in [1.82, 2.24) is 10.2 Å². The Bertz CT molecular complexity index is 286. The fourth-order valence-electron chi connectivity index (χ4n) is 2.38. The van der Waals surface area contributed by atoms with Crippen molar-refractivity contribution in [1.29, 1.82) is 0 Å². The van der Waals surface area contributed by atoms with Crippen molar-refractivity contribution >= 4 is 6.09 Å². The number of ether oxygens (including phenoxy) is 2. The summed E-state index contributed by atoms with van der Waals surface area (Å²) in [6.45, 7) is 8.63. The summed E-state index contributed by atoms with van der Waals surface area (Å²) < 4.78 is 10.9. The number of carbonyl (C=O) groups is 1. The number of hydrogen-bond acceptors (Lipinski definition) is 4. The highest BCUT2D eigenvalue weighted by Gasteiger charge is 2.37. The summed E-state index contributed by atoms with van der Waals surface area (Å²) in [7, 11) is 0. The summed E-state index contributed by atoms with van der Waals surface area (Å²) in [6, 6.07) is 0.470. The van der Waals surface area contributed by atoms with Gasteiger partial charge in [0.15, 0.2) is 0 Å². The van der Waals surface area contributed by atoms with E-state index in [0.717, 1.165) is 26.1 Å². The smallest absolute Gasteiger partial charge is 0.410 e. The van der Waals surface area contributed by atoms with Crippen LogP contribution in [0.3, 0.4) is 0 Å². The second-order valence-electron chi connectivity index (χ2n) is 5.67. The van der Waals surface area contributed by atoms with Crippen LogP contribution in [0.5, 0.6) is 0 Å². The maximum Gasteiger partial charge on any atom is 0.410 e. The van der Waals surface area contributed by atoms with Crippen LogP contribution in [0.1, 0.15) is 27.2 Å². The molecule has 0 saturated carbocycles. The molecule has 2 aliphatic heterocycles. The Kier molecular flexibility index (Phi) is 3.58. The quantitative estimate of drug-likeness (QED) is 0.688. The van der Waals surface area contributed by atoms with E-state index in [4.69, 9.17) is 9.47 Å². The SMILES string of the molecule is CC(C)(C)OC(=O)N1CCNC2COCCC21. The Labute approximate surface area is 102 Å². The van der Waals surface area contributed by atoms with E-state index in [-0.39, 0.29) is 18.2 Å². The highest BCUT2D eigenvalue weighted by atomic mass is 16.6. The third kappa shape index (κ3) is 3.10. The minimum Gasteiger partial charge on any atom is -0.444 e. The Morgan fingerprint density at radius 2 is 2.24 bits per heavy atom. The average molecular weight is 242 g/mol. The first-order valence-electron chi connectivity index (χ1n) is 6.28. The summed E-state index contributed by atoms with van der Waals surface area (Å²) in [5.41, 5.74) is -0.428. The first kappa shape index (κ1) is 12.6. The zero-order chi connectivity index (χ0) is 12.5. The molecule has 1 N–H and O–H groups in total. The van der Waals surface area contributed by atoms with Crippen molar-refractivity contribution in [3.8, 4) is 0 Å². The summed E-state index contributed by atoms with van der Waals surface area (Å²) in [5, 5.41) is 3.39. The molecule has 0 radical (unpaired) electrons. The molecular weight excluding hydrogens is 220 g/mol. The van der Waals surface area contributed by atoms with Crippen molar-refractivity contribution in [2.45, 2.75) is 44.9 Å². The van der Waals surface area contributed by atoms with Crippen LogP contribution in [-0.2, 0) is 9.47 Å². The predicted octanol–water partition coefficient (Wildman–Crippen LogP) is 0.984. The third-order valence-corrected chi connectivity index (χ3v) is 3.11. The van der Waals surface area contributed by atoms with E-state index in [9.17, 15) is 4.79 Å². The van der Waals surface area contributed by atoms with E-state index in [1.807, 2.05) is 25.7 Å². The van der Waals surface area contributed by atoms with Gasteiger partial charge >= 0.3 is 6.09 Å². The maximum absolute atomic E-state index is 12.1. The molecule has 1 amide bonds. The highest BCUT2D eigenvalue weighted by molar-refractivity contribution is 5.69. The molecule has 2 aliphatic rings. The van der Waals surface area contributed by atoms with Gasteiger partial charge in [-0.3, -0.25) is 0 Å². The largest absolute Gasteiger partial charge is 0.444 e. The lowest BCUT2D eigenvalue weighted by Gasteiger charge is -2.44. The molecule has 2 fully saturated rings. The van der Waals surface area contributed by atoms with Crippen LogP contribution in [-0.4, -0.2) is 55.0 Å². The zero-order valence-electron chi connectivity index (χ0n) is 10.9.